The van der Waals surface area contributed by atoms with Crippen LogP contribution >= 0.6 is 12.4 Å². The maximum Gasteiger partial charge on any atom is 0.172 e. The fourth-order valence-electron chi connectivity index (χ4n) is 1.16. The predicted octanol–water partition coefficient (Wildman–Crippen LogP) is -2.87. The van der Waals surface area contributed by atoms with Crippen molar-refractivity contribution in [3.8, 4) is 0 Å². The first kappa shape index (κ1) is 13.1. The van der Waals surface area contributed by atoms with E-state index in [0.29, 0.717) is 0 Å². The lowest BCUT2D eigenvalue weighted by molar-refractivity contribution is -0.238. The number of hydrogen-bond acceptors (Lipinski definition) is 6. The van der Waals surface area contributed by atoms with Crippen LogP contribution < -0.4 is 11.5 Å². The average molecular weight is 215 g/mol. The topological polar surface area (TPSA) is 122 Å². The molecule has 13 heavy (non-hydrogen) atoms. The summed E-state index contributed by atoms with van der Waals surface area (Å²) >= 11 is 0. The molecule has 1 unspecified atom stereocenters. The van der Waals surface area contributed by atoms with Crippen molar-refractivity contribution in [2.24, 2.45) is 11.5 Å². The van der Waals surface area contributed by atoms with Crippen LogP contribution in [0.4, 0.5) is 0 Å². The highest BCUT2D eigenvalue weighted by atomic mass is 35.5. The molecule has 0 spiro atoms. The number of ether oxygens (including phenoxy) is 1. The zero-order chi connectivity index (χ0) is 9.30. The summed E-state index contributed by atoms with van der Waals surface area (Å²) in [4.78, 5) is 0. The monoisotopic (exact) mass is 214 g/mol. The SMILES string of the molecule is Cl.NC[C@H]1OC(O)[C@H](N)[C@@H](O)[C@@H]1O. The standard InChI is InChI=1S/C6H14N2O4.ClH/c7-1-2-4(9)5(10)3(8)6(11)12-2;/h2-6,9-11H,1,7-8H2;1H/t2-,3-,4-,5-,6?;/m1./s1. The molecular formula is C6H15ClN2O4. The van der Waals surface area contributed by atoms with Gasteiger partial charge in [0, 0.05) is 6.54 Å². The summed E-state index contributed by atoms with van der Waals surface area (Å²) < 4.78 is 4.83. The fraction of sp³-hybridized carbons (Fsp3) is 1.00. The van der Waals surface area contributed by atoms with Gasteiger partial charge in [0.1, 0.15) is 18.3 Å². The van der Waals surface area contributed by atoms with E-state index in [0.717, 1.165) is 0 Å². The van der Waals surface area contributed by atoms with Gasteiger partial charge in [-0.25, -0.2) is 0 Å². The minimum Gasteiger partial charge on any atom is -0.388 e. The molecule has 1 aliphatic rings. The lowest BCUT2D eigenvalue weighted by Gasteiger charge is -2.38. The Bertz CT molecular complexity index is 157. The van der Waals surface area contributed by atoms with E-state index in [1.54, 1.807) is 0 Å². The Morgan fingerprint density at radius 1 is 1.15 bits per heavy atom. The number of rotatable bonds is 1. The van der Waals surface area contributed by atoms with Crippen LogP contribution in [0.15, 0.2) is 0 Å². The van der Waals surface area contributed by atoms with E-state index in [2.05, 4.69) is 0 Å². The molecular weight excluding hydrogens is 200 g/mol. The zero-order valence-electron chi connectivity index (χ0n) is 6.91. The molecule has 80 valence electrons. The molecule has 1 heterocycles. The van der Waals surface area contributed by atoms with E-state index in [1.165, 1.54) is 0 Å². The lowest BCUT2D eigenvalue weighted by Crippen LogP contribution is -2.62. The van der Waals surface area contributed by atoms with E-state index in [4.69, 9.17) is 21.3 Å². The van der Waals surface area contributed by atoms with Gasteiger partial charge in [0.05, 0.1) is 6.04 Å². The van der Waals surface area contributed by atoms with Crippen molar-refractivity contribution < 1.29 is 20.1 Å². The molecule has 0 aromatic rings. The van der Waals surface area contributed by atoms with Crippen LogP contribution in [0.5, 0.6) is 0 Å². The molecule has 7 N–H and O–H groups in total. The quantitative estimate of drug-likeness (QED) is 0.320. The van der Waals surface area contributed by atoms with Gasteiger partial charge in [0.15, 0.2) is 6.29 Å². The minimum atomic E-state index is -1.27. The second-order valence-corrected chi connectivity index (χ2v) is 2.86. The molecule has 0 radical (unpaired) electrons. The predicted molar refractivity (Wildman–Crippen MR) is 47.2 cm³/mol. The van der Waals surface area contributed by atoms with Crippen LogP contribution in [0.2, 0.25) is 0 Å². The molecule has 0 amide bonds. The lowest BCUT2D eigenvalue weighted by atomic mass is 9.98. The van der Waals surface area contributed by atoms with Gasteiger partial charge in [-0.2, -0.15) is 0 Å². The van der Waals surface area contributed by atoms with Crippen molar-refractivity contribution in [2.45, 2.75) is 30.6 Å². The molecule has 1 rings (SSSR count). The van der Waals surface area contributed by atoms with Crippen LogP contribution in [0, 0.1) is 0 Å². The summed E-state index contributed by atoms with van der Waals surface area (Å²) in [6.07, 6.45) is -4.34. The summed E-state index contributed by atoms with van der Waals surface area (Å²) in [6, 6.07) is -0.984. The van der Waals surface area contributed by atoms with Gasteiger partial charge in [0.25, 0.3) is 0 Å². The maximum atomic E-state index is 9.28. The average Bonchev–Trinajstić information content (AvgIpc) is 2.08. The first-order chi connectivity index (χ1) is 5.57. The van der Waals surface area contributed by atoms with Crippen molar-refractivity contribution in [3.63, 3.8) is 0 Å². The second-order valence-electron chi connectivity index (χ2n) is 2.86. The number of nitrogens with two attached hydrogens (primary N) is 2. The normalized spacial score (nSPS) is 45.5. The number of hydrogen-bond donors (Lipinski definition) is 5. The van der Waals surface area contributed by atoms with Crippen LogP contribution in [0.25, 0.3) is 0 Å². The van der Waals surface area contributed by atoms with E-state index in [-0.39, 0.29) is 19.0 Å². The van der Waals surface area contributed by atoms with Crippen molar-refractivity contribution in [1.29, 1.82) is 0 Å². The van der Waals surface area contributed by atoms with Crippen molar-refractivity contribution >= 4 is 12.4 Å². The molecule has 1 fully saturated rings. The molecule has 0 bridgehead atoms. The van der Waals surface area contributed by atoms with Gasteiger partial charge in [-0.05, 0) is 0 Å². The third-order valence-corrected chi connectivity index (χ3v) is 2.00. The summed E-state index contributed by atoms with van der Waals surface area (Å²) in [5.41, 5.74) is 10.5. The molecule has 7 heteroatoms. The van der Waals surface area contributed by atoms with Gasteiger partial charge in [-0.15, -0.1) is 12.4 Å². The van der Waals surface area contributed by atoms with E-state index < -0.39 is 30.6 Å². The van der Waals surface area contributed by atoms with Crippen molar-refractivity contribution in [1.82, 2.24) is 0 Å². The van der Waals surface area contributed by atoms with Gasteiger partial charge in [-0.1, -0.05) is 0 Å². The van der Waals surface area contributed by atoms with Gasteiger partial charge in [0.2, 0.25) is 0 Å². The molecule has 5 atom stereocenters. The van der Waals surface area contributed by atoms with Gasteiger partial charge < -0.3 is 31.5 Å². The van der Waals surface area contributed by atoms with Gasteiger partial charge >= 0.3 is 0 Å². The minimum absolute atomic E-state index is 0. The molecule has 1 aliphatic heterocycles. The van der Waals surface area contributed by atoms with Crippen LogP contribution in [-0.2, 0) is 4.74 Å². The highest BCUT2D eigenvalue weighted by molar-refractivity contribution is 5.85. The van der Waals surface area contributed by atoms with Crippen molar-refractivity contribution in [3.05, 3.63) is 0 Å². The van der Waals surface area contributed by atoms with Crippen LogP contribution in [0.3, 0.4) is 0 Å². The summed E-state index contributed by atoms with van der Waals surface area (Å²) in [5.74, 6) is 0. The number of halogens is 1. The largest absolute Gasteiger partial charge is 0.388 e. The molecule has 0 aromatic heterocycles. The number of aliphatic hydroxyl groups excluding tert-OH is 3. The molecule has 0 aromatic carbocycles. The summed E-state index contributed by atoms with van der Waals surface area (Å²) in [5, 5.41) is 27.6. The highest BCUT2D eigenvalue weighted by Crippen LogP contribution is 2.17. The van der Waals surface area contributed by atoms with E-state index >= 15 is 0 Å². The van der Waals surface area contributed by atoms with Crippen LogP contribution in [-0.4, -0.2) is 52.5 Å². The fourth-order valence-corrected chi connectivity index (χ4v) is 1.16. The Hall–Kier alpha value is 0.0500. The maximum absolute atomic E-state index is 9.28. The Morgan fingerprint density at radius 2 is 1.69 bits per heavy atom. The van der Waals surface area contributed by atoms with E-state index in [1.807, 2.05) is 0 Å². The van der Waals surface area contributed by atoms with E-state index in [9.17, 15) is 10.2 Å². The van der Waals surface area contributed by atoms with Gasteiger partial charge in [-0.3, -0.25) is 0 Å². The Labute approximate surface area is 81.9 Å². The Morgan fingerprint density at radius 3 is 2.15 bits per heavy atom. The number of aliphatic hydroxyl groups is 3. The van der Waals surface area contributed by atoms with Crippen LogP contribution in [0.1, 0.15) is 0 Å². The smallest absolute Gasteiger partial charge is 0.172 e. The second kappa shape index (κ2) is 5.06. The Balaban J connectivity index is 0.00000144. The third-order valence-electron chi connectivity index (χ3n) is 2.00. The molecule has 0 aliphatic carbocycles. The van der Waals surface area contributed by atoms with Crippen molar-refractivity contribution in [2.75, 3.05) is 6.54 Å². The summed E-state index contributed by atoms with van der Waals surface area (Å²) in [7, 11) is 0. The summed E-state index contributed by atoms with van der Waals surface area (Å²) in [6.45, 7) is 0.0298. The molecule has 1 saturated heterocycles. The highest BCUT2D eigenvalue weighted by Gasteiger charge is 2.41. The molecule has 6 nitrogen and oxygen atoms in total. The zero-order valence-corrected chi connectivity index (χ0v) is 7.72. The first-order valence-corrected chi connectivity index (χ1v) is 3.73. The molecule has 0 saturated carbocycles. The third kappa shape index (κ3) is 2.50. The Kier molecular flexibility index (Phi) is 5.08. The first-order valence-electron chi connectivity index (χ1n) is 3.73.